The summed E-state index contributed by atoms with van der Waals surface area (Å²) in [6, 6.07) is 7.17. The van der Waals surface area contributed by atoms with Crippen LogP contribution in [0.5, 0.6) is 0 Å². The third-order valence-corrected chi connectivity index (χ3v) is 3.33. The fourth-order valence-corrected chi connectivity index (χ4v) is 2.42. The zero-order chi connectivity index (χ0) is 12.0. The fourth-order valence-electron chi connectivity index (χ4n) is 2.42. The Labute approximate surface area is 98.5 Å². The number of rotatable bonds is 2. The van der Waals surface area contributed by atoms with Crippen LogP contribution in [0.15, 0.2) is 29.4 Å². The maximum Gasteiger partial charge on any atom is 0.255 e. The first-order valence-corrected chi connectivity index (χ1v) is 5.63. The predicted octanol–water partition coefficient (Wildman–Crippen LogP) is 1.09. The van der Waals surface area contributed by atoms with Crippen LogP contribution in [-0.2, 0) is 0 Å². The zero-order valence-corrected chi connectivity index (χ0v) is 9.21. The highest BCUT2D eigenvalue weighted by Crippen LogP contribution is 2.41. The molecule has 3 N–H and O–H groups in total. The summed E-state index contributed by atoms with van der Waals surface area (Å²) in [6.07, 6.45) is 1.99. The van der Waals surface area contributed by atoms with Gasteiger partial charge in [0.25, 0.3) is 5.91 Å². The van der Waals surface area contributed by atoms with Gasteiger partial charge in [-0.1, -0.05) is 23.4 Å². The second kappa shape index (κ2) is 3.48. The number of oxime groups is 1. The van der Waals surface area contributed by atoms with E-state index in [9.17, 15) is 4.79 Å². The van der Waals surface area contributed by atoms with Gasteiger partial charge in [0.1, 0.15) is 6.04 Å². The van der Waals surface area contributed by atoms with Crippen LogP contribution in [-0.4, -0.2) is 27.9 Å². The Morgan fingerprint density at radius 1 is 1.41 bits per heavy atom. The van der Waals surface area contributed by atoms with Crippen LogP contribution in [0.1, 0.15) is 34.8 Å². The van der Waals surface area contributed by atoms with Gasteiger partial charge < -0.3 is 15.8 Å². The van der Waals surface area contributed by atoms with E-state index in [0.29, 0.717) is 5.56 Å². The Morgan fingerprint density at radius 2 is 2.12 bits per heavy atom. The first-order chi connectivity index (χ1) is 8.24. The number of amidine groups is 1. The number of hydrogen-bond donors (Lipinski definition) is 2. The number of carbonyl (C=O) groups excluding carboxylic acids is 1. The Morgan fingerprint density at radius 3 is 2.76 bits per heavy atom. The molecule has 0 radical (unpaired) electrons. The van der Waals surface area contributed by atoms with Crippen molar-refractivity contribution in [2.45, 2.75) is 24.9 Å². The number of carbonyl (C=O) groups is 1. The molecular formula is C12H13N3O2. The van der Waals surface area contributed by atoms with Crippen LogP contribution in [0.2, 0.25) is 0 Å². The summed E-state index contributed by atoms with van der Waals surface area (Å²) in [5.74, 6) is 0.0647. The lowest BCUT2D eigenvalue weighted by Crippen LogP contribution is -2.37. The van der Waals surface area contributed by atoms with Gasteiger partial charge in [-0.15, -0.1) is 0 Å². The van der Waals surface area contributed by atoms with Crippen molar-refractivity contribution in [3.8, 4) is 0 Å². The largest absolute Gasteiger partial charge is 0.409 e. The van der Waals surface area contributed by atoms with E-state index in [1.165, 1.54) is 0 Å². The van der Waals surface area contributed by atoms with Gasteiger partial charge >= 0.3 is 0 Å². The van der Waals surface area contributed by atoms with E-state index in [1.807, 2.05) is 18.2 Å². The van der Waals surface area contributed by atoms with Crippen molar-refractivity contribution in [1.82, 2.24) is 4.90 Å². The molecule has 1 aliphatic carbocycles. The number of amides is 1. The van der Waals surface area contributed by atoms with Crippen LogP contribution < -0.4 is 5.73 Å². The number of nitrogens with two attached hydrogens (primary N) is 1. The van der Waals surface area contributed by atoms with Crippen LogP contribution in [0.4, 0.5) is 0 Å². The molecule has 1 aliphatic heterocycles. The van der Waals surface area contributed by atoms with Gasteiger partial charge in [-0.25, -0.2) is 0 Å². The van der Waals surface area contributed by atoms with Crippen molar-refractivity contribution in [2.24, 2.45) is 10.9 Å². The smallest absolute Gasteiger partial charge is 0.255 e. The molecule has 0 aromatic heterocycles. The highest BCUT2D eigenvalue weighted by molar-refractivity contribution is 6.05. The lowest BCUT2D eigenvalue weighted by atomic mass is 10.0. The van der Waals surface area contributed by atoms with E-state index < -0.39 is 6.04 Å². The minimum absolute atomic E-state index is 0.0142. The summed E-state index contributed by atoms with van der Waals surface area (Å²) < 4.78 is 0. The van der Waals surface area contributed by atoms with Crippen molar-refractivity contribution in [2.75, 3.05) is 0 Å². The molecule has 5 nitrogen and oxygen atoms in total. The summed E-state index contributed by atoms with van der Waals surface area (Å²) in [7, 11) is 0. The van der Waals surface area contributed by atoms with E-state index in [4.69, 9.17) is 10.9 Å². The van der Waals surface area contributed by atoms with Gasteiger partial charge in [0, 0.05) is 11.6 Å². The van der Waals surface area contributed by atoms with E-state index in [1.54, 1.807) is 11.0 Å². The molecule has 0 unspecified atom stereocenters. The average molecular weight is 231 g/mol. The van der Waals surface area contributed by atoms with Crippen molar-refractivity contribution in [3.63, 3.8) is 0 Å². The van der Waals surface area contributed by atoms with Crippen molar-refractivity contribution in [1.29, 1.82) is 0 Å². The normalized spacial score (nSPS) is 24.0. The molecule has 1 fully saturated rings. The lowest BCUT2D eigenvalue weighted by molar-refractivity contribution is 0.0748. The minimum Gasteiger partial charge on any atom is -0.409 e. The standard InChI is InChI=1S/C12H13N3O2/c13-11(14-17)10-8-3-1-2-4-9(8)12(16)15(10)7-5-6-7/h1-4,7,10,17H,5-6H2,(H2,13,14)/t10-/m0/s1. The summed E-state index contributed by atoms with van der Waals surface area (Å²) in [5, 5.41) is 11.9. The highest BCUT2D eigenvalue weighted by Gasteiger charge is 2.46. The molecule has 1 aromatic carbocycles. The Hall–Kier alpha value is -2.04. The van der Waals surface area contributed by atoms with Gasteiger partial charge in [0.05, 0.1) is 0 Å². The molecule has 0 bridgehead atoms. The molecule has 1 saturated carbocycles. The van der Waals surface area contributed by atoms with E-state index in [0.717, 1.165) is 18.4 Å². The number of hydrogen-bond acceptors (Lipinski definition) is 3. The molecule has 0 saturated heterocycles. The first-order valence-electron chi connectivity index (χ1n) is 5.63. The van der Waals surface area contributed by atoms with Gasteiger partial charge in [-0.3, -0.25) is 4.79 Å². The molecule has 1 heterocycles. The average Bonchev–Trinajstić information content (AvgIpc) is 3.15. The Bertz CT molecular complexity index is 508. The van der Waals surface area contributed by atoms with Crippen molar-refractivity contribution in [3.05, 3.63) is 35.4 Å². The summed E-state index contributed by atoms with van der Waals surface area (Å²) in [5.41, 5.74) is 7.21. The van der Waals surface area contributed by atoms with Crippen LogP contribution in [0, 0.1) is 0 Å². The topological polar surface area (TPSA) is 78.9 Å². The summed E-state index contributed by atoms with van der Waals surface area (Å²) in [4.78, 5) is 14.0. The first kappa shape index (κ1) is 10.1. The van der Waals surface area contributed by atoms with Gasteiger partial charge in [-0.05, 0) is 24.5 Å². The zero-order valence-electron chi connectivity index (χ0n) is 9.21. The van der Waals surface area contributed by atoms with Gasteiger partial charge in [0.2, 0.25) is 0 Å². The molecule has 3 rings (SSSR count). The predicted molar refractivity (Wildman–Crippen MR) is 61.8 cm³/mol. The second-order valence-corrected chi connectivity index (χ2v) is 4.46. The molecule has 0 spiro atoms. The van der Waals surface area contributed by atoms with E-state index in [2.05, 4.69) is 5.16 Å². The quantitative estimate of drug-likeness (QED) is 0.346. The van der Waals surface area contributed by atoms with Crippen LogP contribution >= 0.6 is 0 Å². The van der Waals surface area contributed by atoms with Crippen LogP contribution in [0.3, 0.4) is 0 Å². The Balaban J connectivity index is 2.12. The highest BCUT2D eigenvalue weighted by atomic mass is 16.4. The minimum atomic E-state index is -0.406. The fraction of sp³-hybridized carbons (Fsp3) is 0.333. The summed E-state index contributed by atoms with van der Waals surface area (Å²) in [6.45, 7) is 0. The van der Waals surface area contributed by atoms with Gasteiger partial charge in [0.15, 0.2) is 5.84 Å². The molecule has 2 aliphatic rings. The Kier molecular flexibility index (Phi) is 2.07. The second-order valence-electron chi connectivity index (χ2n) is 4.46. The van der Waals surface area contributed by atoms with Crippen LogP contribution in [0.25, 0.3) is 0 Å². The molecule has 5 heteroatoms. The van der Waals surface area contributed by atoms with E-state index in [-0.39, 0.29) is 17.8 Å². The molecular weight excluding hydrogens is 218 g/mol. The van der Waals surface area contributed by atoms with Crippen molar-refractivity contribution >= 4 is 11.7 Å². The molecule has 88 valence electrons. The van der Waals surface area contributed by atoms with Crippen molar-refractivity contribution < 1.29 is 10.0 Å². The lowest BCUT2D eigenvalue weighted by Gasteiger charge is -2.23. The third kappa shape index (κ3) is 1.39. The maximum atomic E-state index is 12.2. The number of nitrogens with zero attached hydrogens (tertiary/aromatic N) is 2. The monoisotopic (exact) mass is 231 g/mol. The number of fused-ring (bicyclic) bond motifs is 1. The van der Waals surface area contributed by atoms with Gasteiger partial charge in [-0.2, -0.15) is 0 Å². The maximum absolute atomic E-state index is 12.2. The molecule has 1 aromatic rings. The molecule has 17 heavy (non-hydrogen) atoms. The van der Waals surface area contributed by atoms with E-state index >= 15 is 0 Å². The third-order valence-electron chi connectivity index (χ3n) is 3.33. The molecule has 1 atom stereocenters. The number of benzene rings is 1. The summed E-state index contributed by atoms with van der Waals surface area (Å²) >= 11 is 0. The SMILES string of the molecule is N/C(=N/O)[C@@H]1c2ccccc2C(=O)N1C1CC1. The molecule has 1 amide bonds.